The van der Waals surface area contributed by atoms with Gasteiger partial charge in [-0.2, -0.15) is 0 Å². The molecule has 0 aliphatic carbocycles. The molecule has 0 aliphatic heterocycles. The van der Waals surface area contributed by atoms with Gasteiger partial charge in [0.05, 0.1) is 13.2 Å². The Morgan fingerprint density at radius 1 is 0.760 bits per heavy atom. The van der Waals surface area contributed by atoms with Gasteiger partial charge in [0.2, 0.25) is 0 Å². The molecule has 0 amide bonds. The molecule has 0 rings (SSSR count). The summed E-state index contributed by atoms with van der Waals surface area (Å²) in [5.41, 5.74) is 5.42. The van der Waals surface area contributed by atoms with Crippen LogP contribution in [0.25, 0.3) is 0 Å². The van der Waals surface area contributed by atoms with Gasteiger partial charge in [-0.15, -0.1) is 0 Å². The van der Waals surface area contributed by atoms with E-state index in [9.17, 15) is 10.2 Å². The van der Waals surface area contributed by atoms with E-state index in [2.05, 4.69) is 16.0 Å². The van der Waals surface area contributed by atoms with Crippen molar-refractivity contribution in [2.75, 3.05) is 59.0 Å². The zero-order valence-corrected chi connectivity index (χ0v) is 15.2. The molecule has 0 aromatic carbocycles. The molecular formula is C16H38N4O5. The lowest BCUT2D eigenvalue weighted by atomic mass is 10.2. The van der Waals surface area contributed by atoms with Crippen molar-refractivity contribution >= 4 is 0 Å². The molecule has 0 radical (unpaired) electrons. The van der Waals surface area contributed by atoms with Crippen molar-refractivity contribution in [1.29, 1.82) is 0 Å². The molecule has 9 N–H and O–H groups in total. The van der Waals surface area contributed by atoms with Crippen LogP contribution in [0.5, 0.6) is 0 Å². The first kappa shape index (κ1) is 24.6. The highest BCUT2D eigenvalue weighted by Crippen LogP contribution is 2.01. The number of aliphatic hydroxyl groups excluding tert-OH is 4. The van der Waals surface area contributed by atoms with E-state index in [0.717, 1.165) is 65.0 Å². The van der Waals surface area contributed by atoms with Crippen molar-refractivity contribution in [2.45, 2.75) is 44.2 Å². The fraction of sp³-hybridized carbons (Fsp3) is 1.00. The monoisotopic (exact) mass is 366 g/mol. The van der Waals surface area contributed by atoms with Crippen LogP contribution >= 0.6 is 0 Å². The van der Waals surface area contributed by atoms with Crippen LogP contribution in [-0.4, -0.2) is 98.0 Å². The van der Waals surface area contributed by atoms with Crippen LogP contribution in [-0.2, 0) is 4.74 Å². The summed E-state index contributed by atoms with van der Waals surface area (Å²) < 4.78 is 5.06. The van der Waals surface area contributed by atoms with Crippen molar-refractivity contribution in [1.82, 2.24) is 16.0 Å². The van der Waals surface area contributed by atoms with Gasteiger partial charge in [0.25, 0.3) is 0 Å². The largest absolute Gasteiger partial charge is 0.394 e. The van der Waals surface area contributed by atoms with Gasteiger partial charge < -0.3 is 46.8 Å². The third-order valence-corrected chi connectivity index (χ3v) is 3.67. The normalized spacial score (nSPS) is 15.2. The highest BCUT2D eigenvalue weighted by atomic mass is 16.6. The van der Waals surface area contributed by atoms with Gasteiger partial charge in [0.1, 0.15) is 12.2 Å². The Hall–Kier alpha value is -0.360. The summed E-state index contributed by atoms with van der Waals surface area (Å²) in [7, 11) is 0. The van der Waals surface area contributed by atoms with E-state index < -0.39 is 31.7 Å². The van der Waals surface area contributed by atoms with Crippen LogP contribution in [0, 0.1) is 0 Å². The van der Waals surface area contributed by atoms with E-state index in [4.69, 9.17) is 20.7 Å². The smallest absolute Gasteiger partial charge is 0.167 e. The summed E-state index contributed by atoms with van der Waals surface area (Å²) in [5.74, 6) is 0. The van der Waals surface area contributed by atoms with Crippen molar-refractivity contribution in [3.63, 3.8) is 0 Å². The topological polar surface area (TPSA) is 152 Å². The fourth-order valence-corrected chi connectivity index (χ4v) is 2.16. The molecule has 3 unspecified atom stereocenters. The molecule has 25 heavy (non-hydrogen) atoms. The molecule has 0 bridgehead atoms. The molecule has 9 heteroatoms. The summed E-state index contributed by atoms with van der Waals surface area (Å²) in [5, 5.41) is 46.6. The molecular weight excluding hydrogens is 328 g/mol. The fourth-order valence-electron chi connectivity index (χ4n) is 2.16. The van der Waals surface area contributed by atoms with Gasteiger partial charge in [0, 0.05) is 6.54 Å². The minimum atomic E-state index is -1.21. The van der Waals surface area contributed by atoms with Crippen molar-refractivity contribution in [2.24, 2.45) is 5.73 Å². The van der Waals surface area contributed by atoms with Gasteiger partial charge >= 0.3 is 0 Å². The number of hydrogen-bond acceptors (Lipinski definition) is 9. The van der Waals surface area contributed by atoms with E-state index in [1.54, 1.807) is 0 Å². The highest BCUT2D eigenvalue weighted by Gasteiger charge is 2.21. The van der Waals surface area contributed by atoms with Crippen LogP contribution < -0.4 is 21.7 Å². The van der Waals surface area contributed by atoms with Crippen LogP contribution in [0.15, 0.2) is 0 Å². The summed E-state index contributed by atoms with van der Waals surface area (Å²) in [6, 6.07) is 0. The minimum Gasteiger partial charge on any atom is -0.394 e. The number of rotatable bonds is 19. The molecule has 0 saturated carbocycles. The predicted molar refractivity (Wildman–Crippen MR) is 97.2 cm³/mol. The first-order valence-electron chi connectivity index (χ1n) is 9.21. The SMILES string of the molecule is NCCCNCCCCNCCCNCC(O)OC(CO)C(O)CO. The zero-order chi connectivity index (χ0) is 18.8. The molecule has 0 fully saturated rings. The molecule has 0 aliphatic rings. The third kappa shape index (κ3) is 15.6. The standard InChI is InChI=1S/C16H38N4O5/c17-5-3-8-18-6-1-2-7-19-9-4-10-20-11-16(24)25-15(13-22)14(23)12-21/h14-16,18-24H,1-13,17H2. The van der Waals surface area contributed by atoms with Gasteiger partial charge in [-0.05, 0) is 65.0 Å². The maximum absolute atomic E-state index is 9.66. The molecule has 0 saturated heterocycles. The number of nitrogens with one attached hydrogen (secondary N) is 3. The molecule has 0 spiro atoms. The second-order valence-electron chi connectivity index (χ2n) is 5.97. The molecule has 9 nitrogen and oxygen atoms in total. The Morgan fingerprint density at radius 2 is 1.32 bits per heavy atom. The Kier molecular flexibility index (Phi) is 18.2. The molecule has 152 valence electrons. The molecule has 0 heterocycles. The number of aliphatic hydroxyl groups is 4. The van der Waals surface area contributed by atoms with Crippen LogP contribution in [0.4, 0.5) is 0 Å². The molecule has 0 aromatic heterocycles. The summed E-state index contributed by atoms with van der Waals surface area (Å²) in [6.45, 7) is 4.56. The highest BCUT2D eigenvalue weighted by molar-refractivity contribution is 4.68. The van der Waals surface area contributed by atoms with Crippen LogP contribution in [0.2, 0.25) is 0 Å². The number of hydrogen-bond donors (Lipinski definition) is 8. The second-order valence-corrected chi connectivity index (χ2v) is 5.97. The predicted octanol–water partition coefficient (Wildman–Crippen LogP) is -2.68. The van der Waals surface area contributed by atoms with E-state index in [1.165, 1.54) is 0 Å². The molecule has 0 aromatic rings. The number of nitrogens with two attached hydrogens (primary N) is 1. The maximum atomic E-state index is 9.66. The third-order valence-electron chi connectivity index (χ3n) is 3.67. The Morgan fingerprint density at radius 3 is 1.88 bits per heavy atom. The minimum absolute atomic E-state index is 0.198. The van der Waals surface area contributed by atoms with Crippen LogP contribution in [0.1, 0.15) is 25.7 Å². The van der Waals surface area contributed by atoms with Gasteiger partial charge in [-0.3, -0.25) is 0 Å². The lowest BCUT2D eigenvalue weighted by Crippen LogP contribution is -2.41. The molecule has 3 atom stereocenters. The van der Waals surface area contributed by atoms with Crippen LogP contribution in [0.3, 0.4) is 0 Å². The Balaban J connectivity index is 3.34. The Bertz CT molecular complexity index is 277. The average Bonchev–Trinajstić information content (AvgIpc) is 2.62. The van der Waals surface area contributed by atoms with E-state index in [1.807, 2.05) is 0 Å². The first-order chi connectivity index (χ1) is 12.2. The van der Waals surface area contributed by atoms with Crippen molar-refractivity contribution in [3.8, 4) is 0 Å². The second kappa shape index (κ2) is 18.4. The van der Waals surface area contributed by atoms with Gasteiger partial charge in [-0.1, -0.05) is 0 Å². The summed E-state index contributed by atoms with van der Waals surface area (Å²) >= 11 is 0. The number of unbranched alkanes of at least 4 members (excludes halogenated alkanes) is 1. The van der Waals surface area contributed by atoms with E-state index in [-0.39, 0.29) is 6.54 Å². The Labute approximate surface area is 150 Å². The summed E-state index contributed by atoms with van der Waals surface area (Å²) in [4.78, 5) is 0. The number of ether oxygens (including phenoxy) is 1. The zero-order valence-electron chi connectivity index (χ0n) is 15.2. The maximum Gasteiger partial charge on any atom is 0.167 e. The van der Waals surface area contributed by atoms with Crippen molar-refractivity contribution in [3.05, 3.63) is 0 Å². The van der Waals surface area contributed by atoms with Crippen molar-refractivity contribution < 1.29 is 25.2 Å². The van der Waals surface area contributed by atoms with E-state index in [0.29, 0.717) is 0 Å². The lowest BCUT2D eigenvalue weighted by Gasteiger charge is -2.23. The quantitative estimate of drug-likeness (QED) is 0.0903. The van der Waals surface area contributed by atoms with Gasteiger partial charge in [-0.25, -0.2) is 0 Å². The van der Waals surface area contributed by atoms with E-state index >= 15 is 0 Å². The first-order valence-corrected chi connectivity index (χ1v) is 9.21. The summed E-state index contributed by atoms with van der Waals surface area (Å²) in [6.07, 6.45) is 0.875. The lowest BCUT2D eigenvalue weighted by molar-refractivity contribution is -0.178. The average molecular weight is 367 g/mol. The van der Waals surface area contributed by atoms with Gasteiger partial charge in [0.15, 0.2) is 6.29 Å².